The summed E-state index contributed by atoms with van der Waals surface area (Å²) in [7, 11) is 2.86. The largest absolute Gasteiger partial charge is 0.493 e. The van der Waals surface area contributed by atoms with Gasteiger partial charge in [0.2, 0.25) is 0 Å². The molecule has 3 N–H and O–H groups in total. The molecule has 0 aliphatic rings. The number of nitrogens with one attached hydrogen (secondary N) is 1. The van der Waals surface area contributed by atoms with E-state index in [-0.39, 0.29) is 21.2 Å². The summed E-state index contributed by atoms with van der Waals surface area (Å²) in [6.45, 7) is 0. The number of primary amides is 1. The van der Waals surface area contributed by atoms with Gasteiger partial charge in [-0.15, -0.1) is 11.3 Å². The van der Waals surface area contributed by atoms with E-state index in [9.17, 15) is 9.59 Å². The minimum atomic E-state index is -0.726. The summed E-state index contributed by atoms with van der Waals surface area (Å²) in [6.07, 6.45) is 0. The van der Waals surface area contributed by atoms with Gasteiger partial charge in [-0.2, -0.15) is 0 Å². The molecule has 0 bridgehead atoms. The standard InChI is InChI=1S/C14H12Cl2N2O4S/c1-21-9-3-6(13(17)19)8(5-10(9)22-2)18-14(20)7-4-11(15)23-12(7)16/h3-5H,1-2H3,(H2,17,19)(H,18,20). The van der Waals surface area contributed by atoms with Crippen molar-refractivity contribution in [2.45, 2.75) is 0 Å². The van der Waals surface area contributed by atoms with Gasteiger partial charge in [0.1, 0.15) is 4.34 Å². The van der Waals surface area contributed by atoms with E-state index in [0.717, 1.165) is 11.3 Å². The van der Waals surface area contributed by atoms with E-state index >= 15 is 0 Å². The monoisotopic (exact) mass is 374 g/mol. The lowest BCUT2D eigenvalue weighted by Crippen LogP contribution is -2.18. The molecule has 2 amide bonds. The Balaban J connectivity index is 2.43. The molecule has 0 aliphatic heterocycles. The van der Waals surface area contributed by atoms with Gasteiger partial charge < -0.3 is 20.5 Å². The lowest BCUT2D eigenvalue weighted by atomic mass is 10.1. The molecule has 6 nitrogen and oxygen atoms in total. The quantitative estimate of drug-likeness (QED) is 0.838. The maximum atomic E-state index is 12.3. The van der Waals surface area contributed by atoms with E-state index in [1.165, 1.54) is 32.4 Å². The van der Waals surface area contributed by atoms with Gasteiger partial charge in [-0.3, -0.25) is 9.59 Å². The Morgan fingerprint density at radius 1 is 1.09 bits per heavy atom. The van der Waals surface area contributed by atoms with Crippen LogP contribution in [0.5, 0.6) is 11.5 Å². The first-order valence-electron chi connectivity index (χ1n) is 6.19. The first kappa shape index (κ1) is 17.4. The molecule has 0 fully saturated rings. The van der Waals surface area contributed by atoms with Crippen LogP contribution in [0.15, 0.2) is 18.2 Å². The number of methoxy groups -OCH3 is 2. The predicted octanol–water partition coefficient (Wildman–Crippen LogP) is 3.42. The smallest absolute Gasteiger partial charge is 0.258 e. The fourth-order valence-electron chi connectivity index (χ4n) is 1.87. The molecule has 1 aromatic heterocycles. The lowest BCUT2D eigenvalue weighted by Gasteiger charge is -2.14. The highest BCUT2D eigenvalue weighted by atomic mass is 35.5. The fourth-order valence-corrected chi connectivity index (χ4v) is 3.33. The number of hydrogen-bond acceptors (Lipinski definition) is 5. The first-order chi connectivity index (χ1) is 10.9. The third kappa shape index (κ3) is 3.69. The van der Waals surface area contributed by atoms with Crippen LogP contribution in [-0.2, 0) is 0 Å². The van der Waals surface area contributed by atoms with Crippen molar-refractivity contribution in [3.63, 3.8) is 0 Å². The van der Waals surface area contributed by atoms with Crippen LogP contribution in [-0.4, -0.2) is 26.0 Å². The number of nitrogens with two attached hydrogens (primary N) is 1. The van der Waals surface area contributed by atoms with Crippen LogP contribution in [0.3, 0.4) is 0 Å². The van der Waals surface area contributed by atoms with Crippen LogP contribution in [0.25, 0.3) is 0 Å². The zero-order valence-corrected chi connectivity index (χ0v) is 14.4. The van der Waals surface area contributed by atoms with Crippen molar-refractivity contribution in [1.29, 1.82) is 0 Å². The molecule has 2 aromatic rings. The lowest BCUT2D eigenvalue weighted by molar-refractivity contribution is 0.100. The van der Waals surface area contributed by atoms with E-state index < -0.39 is 11.8 Å². The Hall–Kier alpha value is -1.96. The molecule has 0 spiro atoms. The molecular weight excluding hydrogens is 363 g/mol. The van der Waals surface area contributed by atoms with E-state index in [1.54, 1.807) is 0 Å². The van der Waals surface area contributed by atoms with Gasteiger partial charge in [-0.1, -0.05) is 23.2 Å². The van der Waals surface area contributed by atoms with Gasteiger partial charge in [-0.05, 0) is 12.1 Å². The molecule has 0 saturated heterocycles. The third-order valence-corrected chi connectivity index (χ3v) is 4.43. The summed E-state index contributed by atoms with van der Waals surface area (Å²) in [4.78, 5) is 23.9. The van der Waals surface area contributed by atoms with Gasteiger partial charge in [0.15, 0.2) is 11.5 Å². The van der Waals surface area contributed by atoms with Gasteiger partial charge in [0, 0.05) is 6.07 Å². The van der Waals surface area contributed by atoms with Crippen LogP contribution in [0, 0.1) is 0 Å². The predicted molar refractivity (Wildman–Crippen MR) is 90.4 cm³/mol. The van der Waals surface area contributed by atoms with Gasteiger partial charge >= 0.3 is 0 Å². The maximum Gasteiger partial charge on any atom is 0.258 e. The van der Waals surface area contributed by atoms with Crippen LogP contribution in [0.1, 0.15) is 20.7 Å². The number of anilines is 1. The van der Waals surface area contributed by atoms with E-state index in [4.69, 9.17) is 38.4 Å². The van der Waals surface area contributed by atoms with Crippen molar-refractivity contribution < 1.29 is 19.1 Å². The van der Waals surface area contributed by atoms with Crippen molar-refractivity contribution in [2.75, 3.05) is 19.5 Å². The summed E-state index contributed by atoms with van der Waals surface area (Å²) in [6, 6.07) is 4.27. The normalized spacial score (nSPS) is 10.3. The summed E-state index contributed by atoms with van der Waals surface area (Å²) in [5.74, 6) is -0.596. The van der Waals surface area contributed by atoms with E-state index in [1.807, 2.05) is 0 Å². The summed E-state index contributed by atoms with van der Waals surface area (Å²) >= 11 is 12.8. The van der Waals surface area contributed by atoms with Crippen LogP contribution >= 0.6 is 34.5 Å². The fraction of sp³-hybridized carbons (Fsp3) is 0.143. The molecule has 23 heavy (non-hydrogen) atoms. The van der Waals surface area contributed by atoms with E-state index in [0.29, 0.717) is 15.8 Å². The molecule has 0 unspecified atom stereocenters. The second kappa shape index (κ2) is 7.08. The van der Waals surface area contributed by atoms with Crippen molar-refractivity contribution >= 4 is 52.0 Å². The molecule has 9 heteroatoms. The topological polar surface area (TPSA) is 90.6 Å². The highest BCUT2D eigenvalue weighted by Crippen LogP contribution is 2.35. The number of benzene rings is 1. The number of carbonyl (C=O) groups is 2. The number of amides is 2. The number of thiophene rings is 1. The van der Waals surface area contributed by atoms with E-state index in [2.05, 4.69) is 5.32 Å². The molecule has 0 aliphatic carbocycles. The SMILES string of the molecule is COc1cc(NC(=O)c2cc(Cl)sc2Cl)c(C(N)=O)cc1OC. The Morgan fingerprint density at radius 2 is 1.70 bits per heavy atom. The zero-order valence-electron chi connectivity index (χ0n) is 12.1. The second-order valence-electron chi connectivity index (χ2n) is 4.31. The Labute approximate surface area is 146 Å². The van der Waals surface area contributed by atoms with Gasteiger partial charge in [0.25, 0.3) is 11.8 Å². The van der Waals surface area contributed by atoms with Gasteiger partial charge in [0.05, 0.1) is 35.4 Å². The number of carbonyl (C=O) groups excluding carboxylic acids is 2. The second-order valence-corrected chi connectivity index (χ2v) is 6.59. The summed E-state index contributed by atoms with van der Waals surface area (Å²) in [5, 5.41) is 2.58. The third-order valence-electron chi connectivity index (χ3n) is 2.94. The minimum Gasteiger partial charge on any atom is -0.493 e. The molecule has 1 aromatic carbocycles. The molecular formula is C14H12Cl2N2O4S. The Bertz CT molecular complexity index is 776. The average molecular weight is 375 g/mol. The highest BCUT2D eigenvalue weighted by Gasteiger charge is 2.19. The van der Waals surface area contributed by atoms with Crippen LogP contribution in [0.4, 0.5) is 5.69 Å². The minimum absolute atomic E-state index is 0.0773. The molecule has 2 rings (SSSR count). The van der Waals surface area contributed by atoms with Crippen molar-refractivity contribution in [2.24, 2.45) is 5.73 Å². The van der Waals surface area contributed by atoms with Crippen molar-refractivity contribution in [3.05, 3.63) is 38.0 Å². The number of halogens is 2. The molecule has 122 valence electrons. The molecule has 0 saturated carbocycles. The Morgan fingerprint density at radius 3 is 2.17 bits per heavy atom. The van der Waals surface area contributed by atoms with Gasteiger partial charge in [-0.25, -0.2) is 0 Å². The number of ether oxygens (including phenoxy) is 2. The first-order valence-corrected chi connectivity index (χ1v) is 7.76. The van der Waals surface area contributed by atoms with Crippen LogP contribution in [0.2, 0.25) is 8.67 Å². The molecule has 0 atom stereocenters. The average Bonchev–Trinajstić information content (AvgIpc) is 2.85. The molecule has 0 radical (unpaired) electrons. The number of hydrogen-bond donors (Lipinski definition) is 2. The van der Waals surface area contributed by atoms with Crippen LogP contribution < -0.4 is 20.5 Å². The summed E-state index contributed by atoms with van der Waals surface area (Å²) in [5.41, 5.74) is 5.80. The highest BCUT2D eigenvalue weighted by molar-refractivity contribution is 7.20. The Kier molecular flexibility index (Phi) is 5.35. The summed E-state index contributed by atoms with van der Waals surface area (Å²) < 4.78 is 10.9. The van der Waals surface area contributed by atoms with Crippen molar-refractivity contribution in [1.82, 2.24) is 0 Å². The molecule has 1 heterocycles. The zero-order chi connectivity index (χ0) is 17.1. The number of rotatable bonds is 5. The van der Waals surface area contributed by atoms with Crippen molar-refractivity contribution in [3.8, 4) is 11.5 Å². The maximum absolute atomic E-state index is 12.3.